The number of fused-ring (bicyclic) bond motifs is 9. The molecule has 0 unspecified atom stereocenters. The fraction of sp³-hybridized carbons (Fsp3) is 0.0192. The lowest BCUT2D eigenvalue weighted by molar-refractivity contribution is 0.965. The van der Waals surface area contributed by atoms with E-state index in [-0.39, 0.29) is 0 Å². The maximum atomic E-state index is 5.42. The molecule has 10 aromatic rings. The number of hydrogen-bond donors (Lipinski definition) is 0. The van der Waals surface area contributed by atoms with Crippen LogP contribution in [0.5, 0.6) is 0 Å². The van der Waals surface area contributed by atoms with Crippen molar-refractivity contribution in [1.29, 1.82) is 0 Å². The van der Waals surface area contributed by atoms with Crippen LogP contribution in [0.3, 0.4) is 0 Å². The Morgan fingerprint density at radius 2 is 1.30 bits per heavy atom. The van der Waals surface area contributed by atoms with Gasteiger partial charge in [0.25, 0.3) is 0 Å². The Morgan fingerprint density at radius 1 is 0.544 bits per heavy atom. The van der Waals surface area contributed by atoms with E-state index in [0.717, 1.165) is 67.7 Å². The number of allylic oxidation sites excluding steroid dienone is 6. The van der Waals surface area contributed by atoms with E-state index in [1.54, 1.807) is 0 Å². The van der Waals surface area contributed by atoms with Crippen molar-refractivity contribution in [2.45, 2.75) is 6.42 Å². The van der Waals surface area contributed by atoms with Crippen molar-refractivity contribution in [3.8, 4) is 34.2 Å². The van der Waals surface area contributed by atoms with Gasteiger partial charge in [0.05, 0.1) is 39.1 Å². The van der Waals surface area contributed by atoms with Crippen LogP contribution in [0.4, 0.5) is 0 Å². The predicted octanol–water partition coefficient (Wildman–Crippen LogP) is 12.8. The van der Waals surface area contributed by atoms with Crippen LogP contribution in [0.1, 0.15) is 11.3 Å². The Kier molecular flexibility index (Phi) is 7.64. The van der Waals surface area contributed by atoms with Crippen molar-refractivity contribution in [2.24, 2.45) is 0 Å². The zero-order valence-corrected chi connectivity index (χ0v) is 31.0. The topological polar surface area (TPSA) is 48.5 Å². The number of rotatable bonds is 4. The summed E-state index contributed by atoms with van der Waals surface area (Å²) in [7, 11) is 0. The van der Waals surface area contributed by atoms with Gasteiger partial charge in [-0.05, 0) is 82.9 Å². The molecule has 0 radical (unpaired) electrons. The minimum absolute atomic E-state index is 0.617. The summed E-state index contributed by atoms with van der Waals surface area (Å²) < 4.78 is 4.64. The first-order valence-electron chi connectivity index (χ1n) is 19.3. The van der Waals surface area contributed by atoms with Gasteiger partial charge < -0.3 is 4.57 Å². The van der Waals surface area contributed by atoms with Crippen LogP contribution in [0, 0.1) is 0 Å². The molecule has 0 bridgehead atoms. The van der Waals surface area contributed by atoms with Crippen molar-refractivity contribution in [2.75, 3.05) is 0 Å². The van der Waals surface area contributed by atoms with Gasteiger partial charge in [0.1, 0.15) is 0 Å². The molecule has 5 nitrogen and oxygen atoms in total. The number of para-hydroxylation sites is 2. The lowest BCUT2D eigenvalue weighted by Gasteiger charge is -2.13. The highest BCUT2D eigenvalue weighted by molar-refractivity contribution is 6.21. The molecule has 4 heterocycles. The van der Waals surface area contributed by atoms with Crippen molar-refractivity contribution in [1.82, 2.24) is 24.1 Å². The number of aromatic nitrogens is 5. The maximum Gasteiger partial charge on any atom is 0.235 e. The van der Waals surface area contributed by atoms with Gasteiger partial charge in [-0.15, -0.1) is 0 Å². The normalized spacial score (nSPS) is 14.7. The van der Waals surface area contributed by atoms with Crippen LogP contribution in [-0.4, -0.2) is 24.1 Å². The minimum Gasteiger partial charge on any atom is -0.309 e. The molecule has 0 saturated carbocycles. The molecule has 1 aliphatic carbocycles. The zero-order chi connectivity index (χ0) is 37.9. The van der Waals surface area contributed by atoms with Gasteiger partial charge in [0.2, 0.25) is 5.95 Å². The van der Waals surface area contributed by atoms with Gasteiger partial charge >= 0.3 is 0 Å². The number of pyridine rings is 1. The van der Waals surface area contributed by atoms with Crippen LogP contribution in [-0.2, 0) is 6.42 Å². The minimum atomic E-state index is 0.617. The summed E-state index contributed by atoms with van der Waals surface area (Å²) in [5.74, 6) is 0.617. The number of benzene rings is 6. The summed E-state index contributed by atoms with van der Waals surface area (Å²) in [6.45, 7) is 4.31. The van der Waals surface area contributed by atoms with E-state index in [4.69, 9.17) is 9.97 Å². The van der Waals surface area contributed by atoms with Gasteiger partial charge in [-0.2, -0.15) is 0 Å². The van der Waals surface area contributed by atoms with E-state index < -0.39 is 0 Å². The molecule has 0 aliphatic heterocycles. The summed E-state index contributed by atoms with van der Waals surface area (Å²) >= 11 is 0. The Labute approximate surface area is 329 Å². The number of nitrogens with zero attached hydrogens (tertiary/aromatic N) is 5. The zero-order valence-electron chi connectivity index (χ0n) is 31.0. The molecule has 6 aromatic carbocycles. The summed E-state index contributed by atoms with van der Waals surface area (Å²) in [5, 5.41) is 7.15. The Balaban J connectivity index is 1.16. The van der Waals surface area contributed by atoms with E-state index >= 15 is 0 Å². The fourth-order valence-corrected chi connectivity index (χ4v) is 8.53. The third-order valence-electron chi connectivity index (χ3n) is 11.2. The van der Waals surface area contributed by atoms with Crippen LogP contribution in [0.15, 0.2) is 194 Å². The van der Waals surface area contributed by atoms with E-state index in [0.29, 0.717) is 5.95 Å². The van der Waals surface area contributed by atoms with Crippen LogP contribution < -0.4 is 0 Å². The first kappa shape index (κ1) is 32.8. The molecule has 0 atom stereocenters. The van der Waals surface area contributed by atoms with E-state index in [9.17, 15) is 0 Å². The van der Waals surface area contributed by atoms with E-state index in [1.165, 1.54) is 38.1 Å². The smallest absolute Gasteiger partial charge is 0.235 e. The van der Waals surface area contributed by atoms with Gasteiger partial charge in [0, 0.05) is 44.6 Å². The Bertz CT molecular complexity index is 3320. The maximum absolute atomic E-state index is 5.42. The standard InChI is InChI=1S/C52H35N5/c1-34-13-3-2-4-16-40-43-33-38(56-46-21-10-8-18-42(46)50-39-15-6-5-14-35(39)27-30-49(50)56)28-31-48(43)57(47(40)29-22-34)52-54-45-20-9-7-17-41(45)51(55-52)37-25-23-36(24-26-37)44-19-11-12-32-53-44/h2-15,17-33H,1,16H2/b4-2-,13-3-,29-22-. The Hall–Kier alpha value is -7.63. The third-order valence-corrected chi connectivity index (χ3v) is 11.2. The van der Waals surface area contributed by atoms with Crippen LogP contribution in [0.25, 0.3) is 94.6 Å². The first-order chi connectivity index (χ1) is 28.2. The molecule has 5 heteroatoms. The molecule has 0 N–H and O–H groups in total. The highest BCUT2D eigenvalue weighted by atomic mass is 15.2. The Morgan fingerprint density at radius 3 is 2.18 bits per heavy atom. The summed E-state index contributed by atoms with van der Waals surface area (Å²) in [5.41, 5.74) is 12.4. The molecule has 0 fully saturated rings. The van der Waals surface area contributed by atoms with E-state index in [2.05, 4.69) is 172 Å². The average Bonchev–Trinajstić information content (AvgIpc) is 3.78. The largest absolute Gasteiger partial charge is 0.309 e. The number of hydrogen-bond acceptors (Lipinski definition) is 3. The van der Waals surface area contributed by atoms with Gasteiger partial charge in [-0.3, -0.25) is 9.55 Å². The molecular weight excluding hydrogens is 695 g/mol. The average molecular weight is 730 g/mol. The third kappa shape index (κ3) is 5.43. The van der Waals surface area contributed by atoms with Crippen LogP contribution >= 0.6 is 0 Å². The first-order valence-corrected chi connectivity index (χ1v) is 19.3. The lowest BCUT2D eigenvalue weighted by atomic mass is 10.0. The molecule has 11 rings (SSSR count). The molecule has 1 aliphatic rings. The molecular formula is C52H35N5. The summed E-state index contributed by atoms with van der Waals surface area (Å²) in [6, 6.07) is 51.5. The monoisotopic (exact) mass is 729 g/mol. The second-order valence-corrected chi connectivity index (χ2v) is 14.5. The van der Waals surface area contributed by atoms with Crippen molar-refractivity contribution >= 4 is 60.5 Å². The van der Waals surface area contributed by atoms with E-state index in [1.807, 2.05) is 36.5 Å². The van der Waals surface area contributed by atoms with Gasteiger partial charge in [0.15, 0.2) is 0 Å². The van der Waals surface area contributed by atoms with Crippen molar-refractivity contribution < 1.29 is 0 Å². The quantitative estimate of drug-likeness (QED) is 0.181. The lowest BCUT2D eigenvalue weighted by Crippen LogP contribution is -2.06. The second-order valence-electron chi connectivity index (χ2n) is 14.5. The van der Waals surface area contributed by atoms with Crippen molar-refractivity contribution in [3.63, 3.8) is 0 Å². The molecule has 0 saturated heterocycles. The van der Waals surface area contributed by atoms with Gasteiger partial charge in [-0.25, -0.2) is 9.97 Å². The molecule has 0 spiro atoms. The van der Waals surface area contributed by atoms with Crippen LogP contribution in [0.2, 0.25) is 0 Å². The van der Waals surface area contributed by atoms with Gasteiger partial charge in [-0.1, -0.05) is 134 Å². The molecule has 0 amide bonds. The van der Waals surface area contributed by atoms with Crippen molar-refractivity contribution in [3.05, 3.63) is 206 Å². The summed E-state index contributed by atoms with van der Waals surface area (Å²) in [4.78, 5) is 15.3. The molecule has 57 heavy (non-hydrogen) atoms. The highest BCUT2D eigenvalue weighted by Crippen LogP contribution is 2.40. The highest BCUT2D eigenvalue weighted by Gasteiger charge is 2.22. The predicted molar refractivity (Wildman–Crippen MR) is 237 cm³/mol. The summed E-state index contributed by atoms with van der Waals surface area (Å²) in [6.07, 6.45) is 15.2. The fourth-order valence-electron chi connectivity index (χ4n) is 8.53. The SMILES string of the molecule is C=C1/C=C\C=C/Cc2c(n(-c3nc(-c4ccc(-c5ccccn5)cc4)c4ccccc4n3)c3ccc(-n4c5ccccc5c5c6ccccc6ccc54)cc23)/C=C\1. The second kappa shape index (κ2) is 13.3. The molecule has 4 aromatic heterocycles. The molecule has 268 valence electrons.